The maximum absolute atomic E-state index is 13.8. The number of aliphatic hydroxyl groups excluding tert-OH is 1. The van der Waals surface area contributed by atoms with Crippen molar-refractivity contribution >= 4 is 0 Å². The Bertz CT molecular complexity index is 624. The Balaban J connectivity index is 2.47. The molecule has 0 radical (unpaired) electrons. The van der Waals surface area contributed by atoms with Crippen LogP contribution in [0.15, 0.2) is 36.4 Å². The predicted octanol–water partition coefficient (Wildman–Crippen LogP) is 3.02. The highest BCUT2D eigenvalue weighted by atomic mass is 19.1. The third-order valence-electron chi connectivity index (χ3n) is 3.28. The number of hydrogen-bond acceptors (Lipinski definition) is 2. The molecule has 2 aromatic rings. The van der Waals surface area contributed by atoms with E-state index >= 15 is 0 Å². The minimum atomic E-state index is -1.73. The fourth-order valence-electron chi connectivity index (χ4n) is 2.24. The summed E-state index contributed by atoms with van der Waals surface area (Å²) in [6.07, 6.45) is -1.73. The van der Waals surface area contributed by atoms with Gasteiger partial charge in [-0.25, -0.2) is 17.6 Å². The molecule has 0 aliphatic rings. The van der Waals surface area contributed by atoms with Gasteiger partial charge in [0.15, 0.2) is 0 Å². The molecule has 0 aromatic heterocycles. The second-order valence-electron chi connectivity index (χ2n) is 4.59. The lowest BCUT2D eigenvalue weighted by Gasteiger charge is -2.23. The zero-order valence-corrected chi connectivity index (χ0v) is 10.9. The van der Waals surface area contributed by atoms with Crippen molar-refractivity contribution < 1.29 is 22.7 Å². The van der Waals surface area contributed by atoms with Crippen LogP contribution >= 0.6 is 0 Å². The Kier molecular flexibility index (Phi) is 4.59. The van der Waals surface area contributed by atoms with Crippen molar-refractivity contribution in [3.63, 3.8) is 0 Å². The topological polar surface area (TPSA) is 46.2 Å². The first kappa shape index (κ1) is 15.5. The van der Waals surface area contributed by atoms with Gasteiger partial charge in [-0.05, 0) is 11.6 Å². The van der Waals surface area contributed by atoms with Crippen molar-refractivity contribution in [2.75, 3.05) is 6.54 Å². The lowest BCUT2D eigenvalue weighted by Crippen LogP contribution is -2.23. The van der Waals surface area contributed by atoms with Crippen molar-refractivity contribution in [2.45, 2.75) is 12.0 Å². The maximum atomic E-state index is 13.8. The van der Waals surface area contributed by atoms with Crippen LogP contribution in [0, 0.1) is 23.3 Å². The van der Waals surface area contributed by atoms with E-state index < -0.39 is 40.9 Å². The Hall–Kier alpha value is -1.92. The molecule has 0 heterocycles. The van der Waals surface area contributed by atoms with Crippen molar-refractivity contribution in [3.8, 4) is 0 Å². The van der Waals surface area contributed by atoms with Crippen LogP contribution in [0.5, 0.6) is 0 Å². The normalized spacial score (nSPS) is 14.0. The molecule has 0 aliphatic carbocycles. The SMILES string of the molecule is NCC(c1ccccc1F)C(O)c1c(F)cc(F)cc1F. The second-order valence-corrected chi connectivity index (χ2v) is 4.59. The highest BCUT2D eigenvalue weighted by molar-refractivity contribution is 5.30. The second kappa shape index (κ2) is 6.24. The third kappa shape index (κ3) is 3.06. The van der Waals surface area contributed by atoms with Crippen LogP contribution in [0.25, 0.3) is 0 Å². The van der Waals surface area contributed by atoms with E-state index in [-0.39, 0.29) is 12.1 Å². The molecule has 3 N–H and O–H groups in total. The molecule has 2 atom stereocenters. The standard InChI is InChI=1S/C15H13F4NO/c16-8-5-12(18)14(13(19)6-8)15(21)10(7-20)9-3-1-2-4-11(9)17/h1-6,10,15,21H,7,20H2. The summed E-state index contributed by atoms with van der Waals surface area (Å²) in [6.45, 7) is -0.238. The summed E-state index contributed by atoms with van der Waals surface area (Å²) in [5.74, 6) is -5.28. The molecule has 0 fully saturated rings. The van der Waals surface area contributed by atoms with E-state index in [0.717, 1.165) is 6.07 Å². The zero-order valence-electron chi connectivity index (χ0n) is 10.9. The fourth-order valence-corrected chi connectivity index (χ4v) is 2.24. The highest BCUT2D eigenvalue weighted by Crippen LogP contribution is 2.34. The van der Waals surface area contributed by atoms with Crippen LogP contribution in [0.4, 0.5) is 17.6 Å². The van der Waals surface area contributed by atoms with Gasteiger partial charge in [-0.1, -0.05) is 18.2 Å². The first-order valence-electron chi connectivity index (χ1n) is 6.22. The third-order valence-corrected chi connectivity index (χ3v) is 3.28. The van der Waals surface area contributed by atoms with Gasteiger partial charge in [0.1, 0.15) is 23.3 Å². The van der Waals surface area contributed by atoms with E-state index in [0.29, 0.717) is 12.1 Å². The van der Waals surface area contributed by atoms with Gasteiger partial charge in [0.2, 0.25) is 0 Å². The van der Waals surface area contributed by atoms with Gasteiger partial charge in [-0.15, -0.1) is 0 Å². The fraction of sp³-hybridized carbons (Fsp3) is 0.200. The van der Waals surface area contributed by atoms with E-state index in [4.69, 9.17) is 5.73 Å². The summed E-state index contributed by atoms with van der Waals surface area (Å²) in [6, 6.07) is 6.40. The van der Waals surface area contributed by atoms with Crippen LogP contribution < -0.4 is 5.73 Å². The van der Waals surface area contributed by atoms with Crippen LogP contribution in [0.2, 0.25) is 0 Å². The van der Waals surface area contributed by atoms with Crippen LogP contribution in [0.1, 0.15) is 23.1 Å². The maximum Gasteiger partial charge on any atom is 0.134 e. The summed E-state index contributed by atoms with van der Waals surface area (Å²) >= 11 is 0. The van der Waals surface area contributed by atoms with Gasteiger partial charge in [-0.2, -0.15) is 0 Å². The Labute approximate surface area is 118 Å². The van der Waals surface area contributed by atoms with Gasteiger partial charge >= 0.3 is 0 Å². The predicted molar refractivity (Wildman–Crippen MR) is 69.5 cm³/mol. The minimum absolute atomic E-state index is 0.0376. The number of rotatable bonds is 4. The summed E-state index contributed by atoms with van der Waals surface area (Å²) in [5, 5.41) is 10.2. The van der Waals surface area contributed by atoms with Crippen molar-refractivity contribution in [1.29, 1.82) is 0 Å². The lowest BCUT2D eigenvalue weighted by molar-refractivity contribution is 0.136. The van der Waals surface area contributed by atoms with Gasteiger partial charge in [-0.3, -0.25) is 0 Å². The monoisotopic (exact) mass is 299 g/mol. The van der Waals surface area contributed by atoms with Crippen molar-refractivity contribution in [2.24, 2.45) is 5.73 Å². The molecule has 112 valence electrons. The quantitative estimate of drug-likeness (QED) is 0.853. The molecular weight excluding hydrogens is 286 g/mol. The Morgan fingerprint density at radius 1 is 0.952 bits per heavy atom. The molecule has 0 bridgehead atoms. The molecule has 2 rings (SSSR count). The molecule has 0 spiro atoms. The Morgan fingerprint density at radius 3 is 2.05 bits per heavy atom. The molecule has 6 heteroatoms. The summed E-state index contributed by atoms with van der Waals surface area (Å²) < 4.78 is 54.0. The first-order chi connectivity index (χ1) is 9.95. The molecule has 0 saturated heterocycles. The average molecular weight is 299 g/mol. The molecule has 2 unspecified atom stereocenters. The zero-order chi connectivity index (χ0) is 15.6. The highest BCUT2D eigenvalue weighted by Gasteiger charge is 2.29. The van der Waals surface area contributed by atoms with E-state index in [1.807, 2.05) is 0 Å². The lowest BCUT2D eigenvalue weighted by atomic mass is 9.88. The van der Waals surface area contributed by atoms with Gasteiger partial charge in [0, 0.05) is 24.6 Å². The van der Waals surface area contributed by atoms with E-state index in [1.54, 1.807) is 0 Å². The van der Waals surface area contributed by atoms with E-state index in [2.05, 4.69) is 0 Å². The molecule has 21 heavy (non-hydrogen) atoms. The number of nitrogens with two attached hydrogens (primary N) is 1. The summed E-state index contributed by atoms with van der Waals surface area (Å²) in [7, 11) is 0. The van der Waals surface area contributed by atoms with Gasteiger partial charge < -0.3 is 10.8 Å². The van der Waals surface area contributed by atoms with Crippen LogP contribution in [-0.4, -0.2) is 11.7 Å². The summed E-state index contributed by atoms with van der Waals surface area (Å²) in [4.78, 5) is 0. The number of hydrogen-bond donors (Lipinski definition) is 2. The molecule has 0 saturated carbocycles. The van der Waals surface area contributed by atoms with E-state index in [9.17, 15) is 22.7 Å². The molecule has 0 aliphatic heterocycles. The minimum Gasteiger partial charge on any atom is -0.388 e. The van der Waals surface area contributed by atoms with Crippen LogP contribution in [-0.2, 0) is 0 Å². The molecule has 0 amide bonds. The largest absolute Gasteiger partial charge is 0.388 e. The van der Waals surface area contributed by atoms with Crippen molar-refractivity contribution in [1.82, 2.24) is 0 Å². The van der Waals surface area contributed by atoms with E-state index in [1.165, 1.54) is 18.2 Å². The number of aliphatic hydroxyl groups is 1. The molecular formula is C15H13F4NO. The first-order valence-corrected chi connectivity index (χ1v) is 6.22. The molecule has 2 nitrogen and oxygen atoms in total. The van der Waals surface area contributed by atoms with Gasteiger partial charge in [0.25, 0.3) is 0 Å². The average Bonchev–Trinajstić information content (AvgIpc) is 2.40. The van der Waals surface area contributed by atoms with Crippen molar-refractivity contribution in [3.05, 3.63) is 70.8 Å². The number of benzene rings is 2. The summed E-state index contributed by atoms with van der Waals surface area (Å²) in [5.41, 5.74) is 4.81. The van der Waals surface area contributed by atoms with Gasteiger partial charge in [0.05, 0.1) is 11.7 Å². The Morgan fingerprint density at radius 2 is 1.52 bits per heavy atom. The molecule has 2 aromatic carbocycles. The van der Waals surface area contributed by atoms with Crippen LogP contribution in [0.3, 0.4) is 0 Å². The smallest absolute Gasteiger partial charge is 0.134 e. The number of halogens is 4.